The van der Waals surface area contributed by atoms with E-state index < -0.39 is 0 Å². The van der Waals surface area contributed by atoms with Crippen molar-refractivity contribution in [1.29, 1.82) is 0 Å². The Morgan fingerprint density at radius 1 is 1.14 bits per heavy atom. The third-order valence-electron chi connectivity index (χ3n) is 3.71. The van der Waals surface area contributed by atoms with Gasteiger partial charge in [0.05, 0.1) is 0 Å². The average Bonchev–Trinajstić information content (AvgIpc) is 3.04. The highest BCUT2D eigenvalue weighted by Crippen LogP contribution is 2.38. The zero-order chi connectivity index (χ0) is 14.4. The monoisotopic (exact) mass is 358 g/mol. The van der Waals surface area contributed by atoms with Gasteiger partial charge in [0, 0.05) is 33.1 Å². The summed E-state index contributed by atoms with van der Waals surface area (Å²) in [6, 6.07) is 12.2. The summed E-state index contributed by atoms with van der Waals surface area (Å²) in [4.78, 5) is 12.2. The van der Waals surface area contributed by atoms with Crippen LogP contribution in [0, 0.1) is 0 Å². The third kappa shape index (κ3) is 2.29. The summed E-state index contributed by atoms with van der Waals surface area (Å²) in [7, 11) is 0.759. The van der Waals surface area contributed by atoms with E-state index >= 15 is 0 Å². The minimum Gasteiger partial charge on any atom is -0.366 e. The molecule has 0 bridgehead atoms. The van der Waals surface area contributed by atoms with Gasteiger partial charge in [0.2, 0.25) is 0 Å². The molecular formula is C16H12BrN2OP. The highest BCUT2D eigenvalue weighted by atomic mass is 79.9. The summed E-state index contributed by atoms with van der Waals surface area (Å²) >= 11 is 3.46. The van der Waals surface area contributed by atoms with Crippen LogP contribution < -0.4 is 10.4 Å². The van der Waals surface area contributed by atoms with Crippen molar-refractivity contribution in [1.82, 2.24) is 0 Å². The predicted octanol–water partition coefficient (Wildman–Crippen LogP) is 4.46. The molecule has 2 aliphatic heterocycles. The van der Waals surface area contributed by atoms with Crippen molar-refractivity contribution in [3.63, 3.8) is 0 Å². The Kier molecular flexibility index (Phi) is 3.09. The first-order valence-electron chi connectivity index (χ1n) is 6.65. The zero-order valence-electron chi connectivity index (χ0n) is 11.0. The fourth-order valence-corrected chi connectivity index (χ4v) is 4.03. The topological polar surface area (TPSA) is 41.1 Å². The van der Waals surface area contributed by atoms with Crippen LogP contribution in [0.25, 0.3) is 11.6 Å². The van der Waals surface area contributed by atoms with Gasteiger partial charge in [0.1, 0.15) is 0 Å². The van der Waals surface area contributed by atoms with Crippen molar-refractivity contribution in [2.45, 2.75) is 6.16 Å². The fourth-order valence-electron chi connectivity index (χ4n) is 2.66. The maximum atomic E-state index is 12.2. The maximum Gasteiger partial charge on any atom is 0.256 e. The lowest BCUT2D eigenvalue weighted by Gasteiger charge is -2.03. The first kappa shape index (κ1) is 13.1. The van der Waals surface area contributed by atoms with E-state index in [-0.39, 0.29) is 5.91 Å². The Balaban J connectivity index is 1.80. The van der Waals surface area contributed by atoms with E-state index in [9.17, 15) is 4.79 Å². The van der Waals surface area contributed by atoms with E-state index in [1.165, 1.54) is 11.3 Å². The molecule has 0 spiro atoms. The van der Waals surface area contributed by atoms with Crippen LogP contribution in [0.1, 0.15) is 16.7 Å². The van der Waals surface area contributed by atoms with Crippen LogP contribution in [0.15, 0.2) is 40.9 Å². The molecule has 4 rings (SSSR count). The molecule has 0 saturated heterocycles. The van der Waals surface area contributed by atoms with Gasteiger partial charge < -0.3 is 10.4 Å². The number of carbonyl (C=O) groups excluding carboxylic acids is 1. The summed E-state index contributed by atoms with van der Waals surface area (Å²) in [5.41, 5.74) is 6.13. The molecule has 1 unspecified atom stereocenters. The van der Waals surface area contributed by atoms with Crippen LogP contribution >= 0.6 is 24.7 Å². The maximum absolute atomic E-state index is 12.2. The molecule has 2 N–H and O–H groups in total. The fraction of sp³-hybridized carbons (Fsp3) is 0.0625. The van der Waals surface area contributed by atoms with Crippen LogP contribution in [0.2, 0.25) is 0 Å². The number of benzene rings is 2. The van der Waals surface area contributed by atoms with E-state index in [1.54, 1.807) is 0 Å². The smallest absolute Gasteiger partial charge is 0.256 e. The Bertz CT molecular complexity index is 801. The molecule has 1 amide bonds. The second kappa shape index (κ2) is 4.97. The quantitative estimate of drug-likeness (QED) is 0.583. The van der Waals surface area contributed by atoms with E-state index in [2.05, 4.69) is 44.5 Å². The second-order valence-corrected chi connectivity index (χ2v) is 6.97. The SMILES string of the molecule is O=C1Nc2ccc(Br)cc2/C1=C\c1ccc2c(c1)NPC2. The van der Waals surface area contributed by atoms with E-state index in [1.807, 2.05) is 24.3 Å². The van der Waals surface area contributed by atoms with Gasteiger partial charge in [0.15, 0.2) is 0 Å². The van der Waals surface area contributed by atoms with Crippen LogP contribution in [-0.4, -0.2) is 5.91 Å². The molecule has 2 aliphatic rings. The molecule has 1 atom stereocenters. The van der Waals surface area contributed by atoms with Gasteiger partial charge in [-0.1, -0.05) is 28.1 Å². The van der Waals surface area contributed by atoms with Gasteiger partial charge in [-0.2, -0.15) is 0 Å². The first-order chi connectivity index (χ1) is 10.2. The van der Waals surface area contributed by atoms with Gasteiger partial charge in [-0.15, -0.1) is 0 Å². The van der Waals surface area contributed by atoms with Crippen molar-refractivity contribution in [3.8, 4) is 0 Å². The summed E-state index contributed by atoms with van der Waals surface area (Å²) in [5, 5.41) is 6.30. The van der Waals surface area contributed by atoms with Gasteiger partial charge in [0.25, 0.3) is 5.91 Å². The van der Waals surface area contributed by atoms with Crippen molar-refractivity contribution in [2.75, 3.05) is 10.4 Å². The lowest BCUT2D eigenvalue weighted by atomic mass is 10.0. The van der Waals surface area contributed by atoms with Crippen molar-refractivity contribution >= 4 is 53.6 Å². The summed E-state index contributed by atoms with van der Waals surface area (Å²) in [5.74, 6) is -0.0431. The highest BCUT2D eigenvalue weighted by molar-refractivity contribution is 9.10. The number of halogens is 1. The van der Waals surface area contributed by atoms with Gasteiger partial charge in [-0.05, 0) is 50.2 Å². The first-order valence-corrected chi connectivity index (χ1v) is 8.65. The molecule has 0 aromatic heterocycles. The van der Waals surface area contributed by atoms with Gasteiger partial charge in [-0.25, -0.2) is 0 Å². The van der Waals surface area contributed by atoms with Crippen molar-refractivity contribution in [2.24, 2.45) is 0 Å². The summed E-state index contributed by atoms with van der Waals surface area (Å²) in [6.45, 7) is 0. The minimum atomic E-state index is -0.0431. The molecule has 2 aromatic rings. The minimum absolute atomic E-state index is 0.0431. The largest absolute Gasteiger partial charge is 0.366 e. The number of hydrogen-bond acceptors (Lipinski definition) is 2. The number of fused-ring (bicyclic) bond motifs is 2. The highest BCUT2D eigenvalue weighted by Gasteiger charge is 2.24. The van der Waals surface area contributed by atoms with E-state index in [0.29, 0.717) is 5.57 Å². The lowest BCUT2D eigenvalue weighted by Crippen LogP contribution is -2.03. The van der Waals surface area contributed by atoms with Gasteiger partial charge in [-0.3, -0.25) is 4.79 Å². The molecule has 5 heteroatoms. The molecule has 2 aromatic carbocycles. The van der Waals surface area contributed by atoms with Crippen LogP contribution in [-0.2, 0) is 11.0 Å². The molecule has 0 saturated carbocycles. The molecule has 2 heterocycles. The summed E-state index contributed by atoms with van der Waals surface area (Å²) < 4.78 is 0.973. The number of rotatable bonds is 1. The predicted molar refractivity (Wildman–Crippen MR) is 92.7 cm³/mol. The Labute approximate surface area is 132 Å². The number of anilines is 2. The normalized spacial score (nSPS) is 18.5. The summed E-state index contributed by atoms with van der Waals surface area (Å²) in [6.07, 6.45) is 3.06. The number of nitrogens with one attached hydrogen (secondary N) is 2. The number of hydrogen-bond donors (Lipinski definition) is 2. The Hall–Kier alpha value is -1.64. The molecule has 0 fully saturated rings. The molecular weight excluding hydrogens is 347 g/mol. The molecule has 0 radical (unpaired) electrons. The molecule has 104 valence electrons. The number of amides is 1. The standard InChI is InChI=1S/C16H12BrN2OP/c17-11-3-4-14-12(7-11)13(16(20)18-14)5-9-1-2-10-8-21-19-15(10)6-9/h1-7,19,21H,8H2,(H,18,20)/b13-5+. The zero-order valence-corrected chi connectivity index (χ0v) is 13.6. The Morgan fingerprint density at radius 2 is 2.05 bits per heavy atom. The van der Waals surface area contributed by atoms with Gasteiger partial charge >= 0.3 is 0 Å². The second-order valence-electron chi connectivity index (χ2n) is 5.10. The average molecular weight is 359 g/mol. The Morgan fingerprint density at radius 3 is 2.95 bits per heavy atom. The molecule has 21 heavy (non-hydrogen) atoms. The van der Waals surface area contributed by atoms with E-state index in [4.69, 9.17) is 0 Å². The number of carbonyl (C=O) groups is 1. The lowest BCUT2D eigenvalue weighted by molar-refractivity contribution is -0.110. The van der Waals surface area contributed by atoms with E-state index in [0.717, 1.165) is 36.2 Å². The van der Waals surface area contributed by atoms with Crippen LogP contribution in [0.5, 0.6) is 0 Å². The van der Waals surface area contributed by atoms with Crippen molar-refractivity contribution < 1.29 is 4.79 Å². The molecule has 3 nitrogen and oxygen atoms in total. The third-order valence-corrected chi connectivity index (χ3v) is 5.21. The van der Waals surface area contributed by atoms with Crippen LogP contribution in [0.3, 0.4) is 0 Å². The van der Waals surface area contributed by atoms with Crippen molar-refractivity contribution in [3.05, 3.63) is 57.6 Å². The molecule has 0 aliphatic carbocycles. The van der Waals surface area contributed by atoms with Crippen LogP contribution in [0.4, 0.5) is 11.4 Å².